The number of rotatable bonds is 56. The topological polar surface area (TPSA) is 78.9 Å². The molecule has 0 aromatic heterocycles. The molecule has 0 aromatic carbocycles. The predicted molar refractivity (Wildman–Crippen MR) is 311 cm³/mol. The molecule has 6 nitrogen and oxygen atoms in total. The number of ether oxygens (including phenoxy) is 3. The van der Waals surface area contributed by atoms with Crippen molar-refractivity contribution in [1.29, 1.82) is 0 Å². The number of hydrogen-bond donors (Lipinski definition) is 0. The second-order valence-electron chi connectivity index (χ2n) is 20.7. The molecule has 72 heavy (non-hydrogen) atoms. The summed E-state index contributed by atoms with van der Waals surface area (Å²) in [7, 11) is 0. The van der Waals surface area contributed by atoms with Crippen LogP contribution in [-0.2, 0) is 28.6 Å². The summed E-state index contributed by atoms with van der Waals surface area (Å²) < 4.78 is 16.9. The molecule has 0 radical (unpaired) electrons. The van der Waals surface area contributed by atoms with Crippen LogP contribution >= 0.6 is 0 Å². The van der Waals surface area contributed by atoms with Gasteiger partial charge in [0.25, 0.3) is 0 Å². The van der Waals surface area contributed by atoms with Crippen molar-refractivity contribution in [1.82, 2.24) is 0 Å². The van der Waals surface area contributed by atoms with Crippen LogP contribution in [0.4, 0.5) is 0 Å². The zero-order valence-electron chi connectivity index (χ0n) is 47.7. The van der Waals surface area contributed by atoms with Gasteiger partial charge < -0.3 is 14.2 Å². The van der Waals surface area contributed by atoms with Crippen LogP contribution in [0.25, 0.3) is 0 Å². The monoisotopic (exact) mass is 1000 g/mol. The second kappa shape index (κ2) is 60.4. The molecule has 1 atom stereocenters. The van der Waals surface area contributed by atoms with Crippen molar-refractivity contribution in [2.45, 2.75) is 316 Å². The summed E-state index contributed by atoms with van der Waals surface area (Å²) in [5.41, 5.74) is 0. The van der Waals surface area contributed by atoms with Crippen molar-refractivity contribution in [2.75, 3.05) is 13.2 Å². The lowest BCUT2D eigenvalue weighted by atomic mass is 10.1. The van der Waals surface area contributed by atoms with E-state index >= 15 is 0 Å². The summed E-state index contributed by atoms with van der Waals surface area (Å²) in [6, 6.07) is 0. The fraction of sp³-hybridized carbons (Fsp3) is 0.773. The molecule has 0 spiro atoms. The smallest absolute Gasteiger partial charge is 0.306 e. The summed E-state index contributed by atoms with van der Waals surface area (Å²) in [6.07, 6.45) is 77.5. The van der Waals surface area contributed by atoms with Crippen molar-refractivity contribution in [3.05, 3.63) is 72.9 Å². The molecule has 0 saturated carbocycles. The molecule has 0 saturated heterocycles. The zero-order valence-corrected chi connectivity index (χ0v) is 47.7. The lowest BCUT2D eigenvalue weighted by molar-refractivity contribution is -0.167. The van der Waals surface area contributed by atoms with Crippen molar-refractivity contribution in [3.63, 3.8) is 0 Å². The molecule has 0 amide bonds. The number of hydrogen-bond acceptors (Lipinski definition) is 6. The largest absolute Gasteiger partial charge is 0.462 e. The van der Waals surface area contributed by atoms with Crippen molar-refractivity contribution >= 4 is 17.9 Å². The maximum atomic E-state index is 12.9. The molecule has 0 aliphatic rings. The Morgan fingerprint density at radius 3 is 0.778 bits per heavy atom. The van der Waals surface area contributed by atoms with Crippen LogP contribution in [0.5, 0.6) is 0 Å². The molecule has 1 unspecified atom stereocenters. The van der Waals surface area contributed by atoms with E-state index in [4.69, 9.17) is 14.2 Å². The fourth-order valence-corrected chi connectivity index (χ4v) is 8.77. The van der Waals surface area contributed by atoms with Gasteiger partial charge in [-0.3, -0.25) is 14.4 Å². The molecule has 6 heteroatoms. The molecule has 0 fully saturated rings. The van der Waals surface area contributed by atoms with Gasteiger partial charge in [-0.1, -0.05) is 267 Å². The van der Waals surface area contributed by atoms with Gasteiger partial charge in [-0.2, -0.15) is 0 Å². The fourth-order valence-electron chi connectivity index (χ4n) is 8.77. The van der Waals surface area contributed by atoms with Crippen LogP contribution < -0.4 is 0 Å². The molecule has 0 heterocycles. The third-order valence-corrected chi connectivity index (χ3v) is 13.5. The molecular formula is C66H116O6. The van der Waals surface area contributed by atoms with Gasteiger partial charge in [0.15, 0.2) is 6.10 Å². The van der Waals surface area contributed by atoms with Crippen molar-refractivity contribution in [2.24, 2.45) is 0 Å². The Bertz CT molecular complexity index is 1340. The normalized spacial score (nSPS) is 12.5. The Hall–Kier alpha value is -3.15. The highest BCUT2D eigenvalue weighted by Gasteiger charge is 2.19. The Labute approximate surface area is 446 Å². The van der Waals surface area contributed by atoms with Crippen LogP contribution in [0.15, 0.2) is 72.9 Å². The highest BCUT2D eigenvalue weighted by molar-refractivity contribution is 5.71. The van der Waals surface area contributed by atoms with E-state index in [-0.39, 0.29) is 31.1 Å². The maximum Gasteiger partial charge on any atom is 0.306 e. The van der Waals surface area contributed by atoms with Crippen molar-refractivity contribution in [3.8, 4) is 0 Å². The zero-order chi connectivity index (χ0) is 52.2. The lowest BCUT2D eigenvalue weighted by Gasteiger charge is -2.18. The second-order valence-corrected chi connectivity index (χ2v) is 20.7. The van der Waals surface area contributed by atoms with E-state index in [9.17, 15) is 14.4 Å². The number of esters is 3. The average Bonchev–Trinajstić information content (AvgIpc) is 3.38. The Balaban J connectivity index is 4.41. The van der Waals surface area contributed by atoms with E-state index in [0.29, 0.717) is 19.3 Å². The molecule has 0 rings (SSSR count). The highest BCUT2D eigenvalue weighted by Crippen LogP contribution is 2.16. The Morgan fingerprint density at radius 2 is 0.486 bits per heavy atom. The maximum absolute atomic E-state index is 12.9. The van der Waals surface area contributed by atoms with E-state index in [1.165, 1.54) is 199 Å². The van der Waals surface area contributed by atoms with Gasteiger partial charge in [0.2, 0.25) is 0 Å². The molecule has 0 aromatic rings. The van der Waals surface area contributed by atoms with Crippen LogP contribution in [0.1, 0.15) is 310 Å². The van der Waals surface area contributed by atoms with Crippen LogP contribution in [0.2, 0.25) is 0 Å². The quantitative estimate of drug-likeness (QED) is 0.0261. The molecule has 0 N–H and O–H groups in total. The number of allylic oxidation sites excluding steroid dienone is 12. The van der Waals surface area contributed by atoms with Crippen LogP contribution in [0, 0.1) is 0 Å². The van der Waals surface area contributed by atoms with Gasteiger partial charge in [0.1, 0.15) is 13.2 Å². The molecular weight excluding hydrogens is 889 g/mol. The van der Waals surface area contributed by atoms with E-state index in [1.807, 2.05) is 0 Å². The summed E-state index contributed by atoms with van der Waals surface area (Å²) >= 11 is 0. The molecule has 416 valence electrons. The van der Waals surface area contributed by atoms with Crippen LogP contribution in [-0.4, -0.2) is 37.2 Å². The third-order valence-electron chi connectivity index (χ3n) is 13.5. The van der Waals surface area contributed by atoms with Gasteiger partial charge in [0.05, 0.1) is 0 Å². The average molecular weight is 1010 g/mol. The van der Waals surface area contributed by atoms with E-state index in [1.54, 1.807) is 0 Å². The summed E-state index contributed by atoms with van der Waals surface area (Å²) in [5.74, 6) is -0.907. The first-order valence-electron chi connectivity index (χ1n) is 31.0. The minimum Gasteiger partial charge on any atom is -0.462 e. The first-order valence-corrected chi connectivity index (χ1v) is 31.0. The predicted octanol–water partition coefficient (Wildman–Crippen LogP) is 20.9. The molecule has 0 aliphatic carbocycles. The van der Waals surface area contributed by atoms with Gasteiger partial charge >= 0.3 is 17.9 Å². The minimum atomic E-state index is -0.790. The van der Waals surface area contributed by atoms with E-state index in [0.717, 1.165) is 70.6 Å². The summed E-state index contributed by atoms with van der Waals surface area (Å²) in [4.78, 5) is 38.3. The van der Waals surface area contributed by atoms with Gasteiger partial charge in [0, 0.05) is 19.3 Å². The highest BCUT2D eigenvalue weighted by atomic mass is 16.6. The minimum absolute atomic E-state index is 0.0859. The van der Waals surface area contributed by atoms with Gasteiger partial charge in [-0.05, 0) is 96.3 Å². The van der Waals surface area contributed by atoms with Gasteiger partial charge in [-0.15, -0.1) is 0 Å². The molecule has 0 bridgehead atoms. The van der Waals surface area contributed by atoms with Gasteiger partial charge in [-0.25, -0.2) is 0 Å². The first kappa shape index (κ1) is 68.8. The van der Waals surface area contributed by atoms with Crippen molar-refractivity contribution < 1.29 is 28.6 Å². The lowest BCUT2D eigenvalue weighted by Crippen LogP contribution is -2.30. The standard InChI is InChI=1S/C66H116O6/c1-4-7-10-13-16-19-22-25-28-31-33-35-38-41-44-47-50-53-56-59-65(68)71-62-63(61-70-64(67)58-55-52-49-46-43-40-37-30-27-24-21-18-15-12-9-6-3)72-66(69)60-57-54-51-48-45-42-39-36-34-32-29-26-23-20-17-14-11-8-5-2/h16-17,19-20,22-23,25-26,30,37,40,43,63H,4-15,18,21,24,27-29,31-36,38-39,41-42,44-62H2,1-3H3/b19-16-,20-17-,25-22-,26-23-,37-30-,43-40-. The Kier molecular flexibility index (Phi) is 57.8. The Morgan fingerprint density at radius 1 is 0.278 bits per heavy atom. The number of carbonyl (C=O) groups excluding carboxylic acids is 3. The number of unbranched alkanes of at least 4 members (excludes halogenated alkanes) is 36. The molecule has 0 aliphatic heterocycles. The van der Waals surface area contributed by atoms with Crippen LogP contribution in [0.3, 0.4) is 0 Å². The van der Waals surface area contributed by atoms with E-state index < -0.39 is 6.10 Å². The first-order chi connectivity index (χ1) is 35.5. The van der Waals surface area contributed by atoms with E-state index in [2.05, 4.69) is 93.7 Å². The third kappa shape index (κ3) is 57.7. The summed E-state index contributed by atoms with van der Waals surface area (Å²) in [6.45, 7) is 6.58. The summed E-state index contributed by atoms with van der Waals surface area (Å²) in [5, 5.41) is 0. The SMILES string of the molecule is CCCCC/C=C\C=C/CCCCCCCCCCCCC(=O)OCC(COC(=O)CCCCC/C=C\C=C/CCCCCCCCC)OC(=O)CCCCCCCCCCCC/C=C\C=C/CCCCC. The number of carbonyl (C=O) groups is 3.